The Bertz CT molecular complexity index is 2550. The van der Waals surface area contributed by atoms with Gasteiger partial charge in [-0.15, -0.1) is 22.7 Å². The number of anilines is 4. The summed E-state index contributed by atoms with van der Waals surface area (Å²) in [6.45, 7) is 1.88. The summed E-state index contributed by atoms with van der Waals surface area (Å²) in [6, 6.07) is 9.16. The Morgan fingerprint density at radius 3 is 1.36 bits per heavy atom. The number of halogens is 2. The number of aromatic nitrogens is 2. The molecule has 0 bridgehead atoms. The normalized spacial score (nSPS) is 14.6. The first-order valence-electron chi connectivity index (χ1n) is 18.3. The van der Waals surface area contributed by atoms with Gasteiger partial charge in [0, 0.05) is 22.1 Å². The van der Waals surface area contributed by atoms with E-state index >= 15 is 0 Å². The molecule has 2 aromatic carbocycles. The number of esters is 2. The number of hydrogen-bond donors (Lipinski definition) is 6. The number of ether oxygens (including phenoxy) is 2. The molecule has 2 aliphatic rings. The predicted molar refractivity (Wildman–Crippen MR) is 252 cm³/mol. The Morgan fingerprint density at radius 2 is 1.03 bits per heavy atom. The first-order chi connectivity index (χ1) is 31.4. The molecule has 6 rings (SSSR count). The van der Waals surface area contributed by atoms with Crippen LogP contribution < -0.4 is 21.3 Å². The number of carbonyl (C=O) groups excluding carboxylic acids is 6. The molecule has 6 amide bonds. The van der Waals surface area contributed by atoms with Gasteiger partial charge in [-0.25, -0.2) is 37.9 Å². The zero-order valence-corrected chi connectivity index (χ0v) is 39.0. The highest BCUT2D eigenvalue weighted by Crippen LogP contribution is 2.39. The maximum Gasteiger partial charge on any atom is 0.341 e. The third-order valence-electron chi connectivity index (χ3n) is 7.82. The molecule has 0 saturated carbocycles. The van der Waals surface area contributed by atoms with Crippen LogP contribution in [0.4, 0.5) is 40.0 Å². The molecular weight excluding hydrogens is 1010 g/mol. The van der Waals surface area contributed by atoms with Crippen LogP contribution in [0.2, 0.25) is 0 Å². The van der Waals surface area contributed by atoms with Gasteiger partial charge in [0.05, 0.1) is 34.4 Å². The molecule has 0 spiro atoms. The molecule has 352 valence electrons. The molecule has 21 nitrogen and oxygen atoms in total. The number of benzene rings is 2. The van der Waals surface area contributed by atoms with E-state index in [4.69, 9.17) is 44.1 Å². The molecule has 0 aliphatic carbocycles. The molecule has 2 aliphatic heterocycles. The van der Waals surface area contributed by atoms with E-state index in [0.717, 1.165) is 68.1 Å². The molecule has 0 atom stereocenters. The number of nitrogens with one attached hydrogen (secondary N) is 4. The van der Waals surface area contributed by atoms with Crippen molar-refractivity contribution in [2.24, 2.45) is 0 Å². The topological polar surface area (TPSA) is 307 Å². The standard InChI is InChI=1S/2C19H15FN4O6S3.H2O/c2*1-2-30-16(28)13(14-15(27)24(7-12(25)26)19(31)33-14)11-8-32-18(22-11)23-17(29)21-10-5-3-4-9(20)6-10;/h2*3-6,8H,2,7H2,1H3,(H,25,26)(H2,21,22,23,29);1H2. The molecule has 2 fully saturated rings. The largest absolute Gasteiger partial charge is 0.480 e. The van der Waals surface area contributed by atoms with Crippen molar-refractivity contribution >= 4 is 160 Å². The van der Waals surface area contributed by atoms with E-state index in [1.807, 2.05) is 0 Å². The molecule has 29 heteroatoms. The number of carboxylic acid groups (broad SMARTS) is 2. The lowest BCUT2D eigenvalue weighted by Gasteiger charge is -2.11. The summed E-state index contributed by atoms with van der Waals surface area (Å²) >= 11 is 13.6. The summed E-state index contributed by atoms with van der Waals surface area (Å²) < 4.78 is 36.6. The van der Waals surface area contributed by atoms with Gasteiger partial charge in [0.1, 0.15) is 44.5 Å². The first-order valence-corrected chi connectivity index (χ1v) is 22.5. The summed E-state index contributed by atoms with van der Waals surface area (Å²) in [7, 11) is 0. The maximum absolute atomic E-state index is 13.3. The number of aliphatic carboxylic acids is 2. The van der Waals surface area contributed by atoms with Crippen molar-refractivity contribution in [3.63, 3.8) is 0 Å². The third kappa shape index (κ3) is 14.1. The van der Waals surface area contributed by atoms with E-state index in [1.54, 1.807) is 13.8 Å². The van der Waals surface area contributed by atoms with Crippen molar-refractivity contribution in [1.29, 1.82) is 0 Å². The molecule has 4 aromatic rings. The second-order valence-electron chi connectivity index (χ2n) is 12.4. The molecule has 8 N–H and O–H groups in total. The average molecular weight is 1040 g/mol. The van der Waals surface area contributed by atoms with Crippen LogP contribution in [-0.2, 0) is 38.2 Å². The van der Waals surface area contributed by atoms with E-state index in [9.17, 15) is 47.1 Å². The molecule has 2 saturated heterocycles. The van der Waals surface area contributed by atoms with Crippen LogP contribution >= 0.6 is 70.6 Å². The molecule has 67 heavy (non-hydrogen) atoms. The van der Waals surface area contributed by atoms with Crippen molar-refractivity contribution < 1.29 is 72.3 Å². The Balaban J connectivity index is 0.000000288. The van der Waals surface area contributed by atoms with Gasteiger partial charge < -0.3 is 35.8 Å². The Hall–Kier alpha value is -6.76. The molecule has 0 radical (unpaired) electrons. The minimum absolute atomic E-state index is 0. The van der Waals surface area contributed by atoms with Crippen molar-refractivity contribution in [3.8, 4) is 0 Å². The lowest BCUT2D eigenvalue weighted by atomic mass is 10.2. The summed E-state index contributed by atoms with van der Waals surface area (Å²) in [5, 5.41) is 30.8. The Morgan fingerprint density at radius 1 is 0.657 bits per heavy atom. The summed E-state index contributed by atoms with van der Waals surface area (Å²) in [6.07, 6.45) is 0. The minimum Gasteiger partial charge on any atom is -0.480 e. The number of thioether (sulfide) groups is 2. The van der Waals surface area contributed by atoms with Crippen LogP contribution in [0.15, 0.2) is 69.1 Å². The number of thiazole rings is 2. The summed E-state index contributed by atoms with van der Waals surface area (Å²) in [5.74, 6) is -6.82. The highest BCUT2D eigenvalue weighted by atomic mass is 32.2. The van der Waals surface area contributed by atoms with Crippen LogP contribution in [0.3, 0.4) is 0 Å². The van der Waals surface area contributed by atoms with E-state index in [1.165, 1.54) is 47.2 Å². The first kappa shape index (κ1) is 52.9. The fraction of sp³-hybridized carbons (Fsp3) is 0.158. The smallest absolute Gasteiger partial charge is 0.341 e. The lowest BCUT2D eigenvalue weighted by Crippen LogP contribution is -2.33. The number of amides is 6. The summed E-state index contributed by atoms with van der Waals surface area (Å²) in [4.78, 5) is 107. The van der Waals surface area contributed by atoms with Crippen molar-refractivity contribution in [1.82, 2.24) is 19.8 Å². The minimum atomic E-state index is -1.27. The number of carbonyl (C=O) groups is 8. The van der Waals surface area contributed by atoms with Gasteiger partial charge in [0.2, 0.25) is 0 Å². The lowest BCUT2D eigenvalue weighted by molar-refractivity contribution is -0.140. The zero-order chi connectivity index (χ0) is 48.2. The maximum atomic E-state index is 13.3. The van der Waals surface area contributed by atoms with Gasteiger partial charge in [0.15, 0.2) is 10.3 Å². The van der Waals surface area contributed by atoms with Crippen LogP contribution in [0.25, 0.3) is 11.1 Å². The summed E-state index contributed by atoms with van der Waals surface area (Å²) in [5.41, 5.74) is 0.122. The number of rotatable bonds is 14. The van der Waals surface area contributed by atoms with Crippen molar-refractivity contribution in [2.75, 3.05) is 47.6 Å². The van der Waals surface area contributed by atoms with Gasteiger partial charge in [0.25, 0.3) is 11.8 Å². The highest BCUT2D eigenvalue weighted by Gasteiger charge is 2.40. The number of urea groups is 2. The Labute approximate surface area is 403 Å². The van der Waals surface area contributed by atoms with Crippen LogP contribution in [-0.4, -0.2) is 118 Å². The molecule has 4 heterocycles. The fourth-order valence-corrected chi connectivity index (χ4v) is 9.25. The van der Waals surface area contributed by atoms with E-state index < -0.39 is 72.5 Å². The monoisotopic (exact) mass is 1040 g/mol. The SMILES string of the molecule is CCOC(=O)C(=C1SC(=S)N(CC(=O)O)C1=O)c1csc(NC(=O)Nc2cccc(F)c2)n1.CCOC(=O)C(=C1SC(=S)N(CC(=O)O)C1=O)c1csc(NC(=O)Nc2cccc(F)c2)n1.O. The molecule has 2 aromatic heterocycles. The Kier molecular flexibility index (Phi) is 19.0. The van der Waals surface area contributed by atoms with Crippen LogP contribution in [0.5, 0.6) is 0 Å². The van der Waals surface area contributed by atoms with E-state index in [0.29, 0.717) is 0 Å². The number of hydrogen-bond acceptors (Lipinski definition) is 18. The third-order valence-corrected chi connectivity index (χ3v) is 12.2. The number of nitrogens with zero attached hydrogens (tertiary/aromatic N) is 4. The quantitative estimate of drug-likeness (QED) is 0.0518. The van der Waals surface area contributed by atoms with Gasteiger partial charge in [-0.3, -0.25) is 39.6 Å². The van der Waals surface area contributed by atoms with E-state index in [2.05, 4.69) is 31.2 Å². The van der Waals surface area contributed by atoms with Gasteiger partial charge in [-0.2, -0.15) is 0 Å². The van der Waals surface area contributed by atoms with Crippen LogP contribution in [0, 0.1) is 11.6 Å². The van der Waals surface area contributed by atoms with E-state index in [-0.39, 0.29) is 81.3 Å². The van der Waals surface area contributed by atoms with Gasteiger partial charge in [-0.1, -0.05) is 60.1 Å². The van der Waals surface area contributed by atoms with Crippen molar-refractivity contribution in [2.45, 2.75) is 13.8 Å². The second-order valence-corrected chi connectivity index (χ2v) is 17.4. The molecular formula is C38H32F2N8O13S6. The fourth-order valence-electron chi connectivity index (χ4n) is 5.22. The van der Waals surface area contributed by atoms with Gasteiger partial charge >= 0.3 is 35.9 Å². The average Bonchev–Trinajstić information content (AvgIpc) is 4.01. The van der Waals surface area contributed by atoms with Crippen LogP contribution in [0.1, 0.15) is 25.2 Å². The second kappa shape index (κ2) is 24.1. The van der Waals surface area contributed by atoms with Crippen molar-refractivity contribution in [3.05, 3.63) is 92.1 Å². The predicted octanol–water partition coefficient (Wildman–Crippen LogP) is 5.47. The zero-order valence-electron chi connectivity index (χ0n) is 34.1. The van der Waals surface area contributed by atoms with Gasteiger partial charge in [-0.05, 0) is 50.2 Å². The molecule has 0 unspecified atom stereocenters. The highest BCUT2D eigenvalue weighted by molar-refractivity contribution is 8.27. The number of thiocarbonyl (C=S) groups is 2. The number of carboxylic acids is 2.